The van der Waals surface area contributed by atoms with E-state index in [-0.39, 0.29) is 24.5 Å². The van der Waals surface area contributed by atoms with Crippen molar-refractivity contribution < 1.29 is 23.9 Å². The van der Waals surface area contributed by atoms with Crippen molar-refractivity contribution in [3.8, 4) is 11.8 Å². The molecule has 11 nitrogen and oxygen atoms in total. The molecule has 0 aromatic heterocycles. The highest BCUT2D eigenvalue weighted by Crippen LogP contribution is 2.18. The van der Waals surface area contributed by atoms with E-state index >= 15 is 0 Å². The first-order chi connectivity index (χ1) is 18.6. The van der Waals surface area contributed by atoms with Crippen LogP contribution in [0.25, 0.3) is 0 Å². The van der Waals surface area contributed by atoms with E-state index in [2.05, 4.69) is 22.1 Å². The van der Waals surface area contributed by atoms with Crippen molar-refractivity contribution in [1.82, 2.24) is 24.9 Å². The second-order valence-corrected chi connectivity index (χ2v) is 10.9. The average Bonchev–Trinajstić information content (AvgIpc) is 2.90. The van der Waals surface area contributed by atoms with Gasteiger partial charge in [-0.1, -0.05) is 17.9 Å². The van der Waals surface area contributed by atoms with Gasteiger partial charge in [0.2, 0.25) is 5.91 Å². The number of hydrogen-bond donors (Lipinski definition) is 1. The first-order valence-corrected chi connectivity index (χ1v) is 13.5. The Morgan fingerprint density at radius 1 is 0.923 bits per heavy atom. The molecule has 3 saturated heterocycles. The lowest BCUT2D eigenvalue weighted by atomic mass is 10.1. The van der Waals surface area contributed by atoms with Gasteiger partial charge < -0.3 is 19.4 Å². The van der Waals surface area contributed by atoms with Crippen molar-refractivity contribution in [2.45, 2.75) is 39.2 Å². The third-order valence-corrected chi connectivity index (χ3v) is 6.84. The van der Waals surface area contributed by atoms with Crippen molar-refractivity contribution in [3.05, 3.63) is 29.8 Å². The molecule has 1 N–H and O–H groups in total. The zero-order valence-electron chi connectivity index (χ0n) is 23.1. The number of benzene rings is 1. The molecule has 1 aromatic carbocycles. The summed E-state index contributed by atoms with van der Waals surface area (Å²) >= 11 is 0. The normalized spacial score (nSPS) is 18.8. The minimum absolute atomic E-state index is 0.0323. The second-order valence-electron chi connectivity index (χ2n) is 10.9. The molecule has 4 rings (SSSR count). The van der Waals surface area contributed by atoms with Crippen LogP contribution in [0.1, 0.15) is 39.2 Å². The van der Waals surface area contributed by atoms with Gasteiger partial charge >= 0.3 is 18.2 Å². The third kappa shape index (κ3) is 7.86. The van der Waals surface area contributed by atoms with E-state index in [1.165, 1.54) is 0 Å². The van der Waals surface area contributed by atoms with Gasteiger partial charge in [0.25, 0.3) is 0 Å². The summed E-state index contributed by atoms with van der Waals surface area (Å²) in [5.74, 6) is 6.13. The molecular weight excluding hydrogens is 500 g/mol. The lowest BCUT2D eigenvalue weighted by molar-refractivity contribution is -0.120. The SMILES string of the molecule is CC(C)(C)OC(=O)N1CCN(C(=O)N2CCN(CCC#Cc3cccc(N4CCC(=O)NC4=O)c3)CC2)CC1. The number of nitrogens with zero attached hydrogens (tertiary/aromatic N) is 5. The molecule has 0 saturated carbocycles. The third-order valence-electron chi connectivity index (χ3n) is 6.84. The summed E-state index contributed by atoms with van der Waals surface area (Å²) in [6.45, 7) is 11.6. The Hall–Kier alpha value is -3.78. The summed E-state index contributed by atoms with van der Waals surface area (Å²) < 4.78 is 5.44. The molecule has 1 aromatic rings. The van der Waals surface area contributed by atoms with Gasteiger partial charge in [-0.3, -0.25) is 19.9 Å². The zero-order valence-corrected chi connectivity index (χ0v) is 23.1. The Morgan fingerprint density at radius 3 is 2.21 bits per heavy atom. The Labute approximate surface area is 230 Å². The van der Waals surface area contributed by atoms with Gasteiger partial charge in [-0.2, -0.15) is 0 Å². The van der Waals surface area contributed by atoms with Crippen LogP contribution >= 0.6 is 0 Å². The molecule has 0 bridgehead atoms. The number of imide groups is 1. The predicted molar refractivity (Wildman–Crippen MR) is 146 cm³/mol. The minimum Gasteiger partial charge on any atom is -0.444 e. The van der Waals surface area contributed by atoms with Gasteiger partial charge in [0, 0.05) is 89.5 Å². The van der Waals surface area contributed by atoms with Gasteiger partial charge in [-0.25, -0.2) is 14.4 Å². The molecule has 0 aliphatic carbocycles. The summed E-state index contributed by atoms with van der Waals surface area (Å²) in [4.78, 5) is 58.0. The molecule has 0 spiro atoms. The van der Waals surface area contributed by atoms with Gasteiger partial charge in [0.15, 0.2) is 0 Å². The zero-order chi connectivity index (χ0) is 28.0. The van der Waals surface area contributed by atoms with Gasteiger partial charge in [0.05, 0.1) is 0 Å². The highest BCUT2D eigenvalue weighted by Gasteiger charge is 2.31. The molecule has 3 aliphatic rings. The number of piperazine rings is 2. The fourth-order valence-electron chi connectivity index (χ4n) is 4.71. The van der Waals surface area contributed by atoms with Crippen LogP contribution in [0.4, 0.5) is 20.1 Å². The molecule has 3 aliphatic heterocycles. The van der Waals surface area contributed by atoms with E-state index in [4.69, 9.17) is 4.74 Å². The topological polar surface area (TPSA) is 106 Å². The molecule has 0 unspecified atom stereocenters. The lowest BCUT2D eigenvalue weighted by Gasteiger charge is -2.40. The first kappa shape index (κ1) is 28.2. The van der Waals surface area contributed by atoms with E-state index in [1.807, 2.05) is 54.8 Å². The molecule has 6 amide bonds. The molecule has 3 fully saturated rings. The minimum atomic E-state index is -0.531. The summed E-state index contributed by atoms with van der Waals surface area (Å²) in [7, 11) is 0. The Bertz CT molecular complexity index is 1140. The Kier molecular flexibility index (Phi) is 8.97. The maximum atomic E-state index is 13.0. The Morgan fingerprint density at radius 2 is 1.56 bits per heavy atom. The molecule has 0 radical (unpaired) electrons. The van der Waals surface area contributed by atoms with Crippen LogP contribution in [-0.2, 0) is 9.53 Å². The van der Waals surface area contributed by atoms with Crippen molar-refractivity contribution in [2.24, 2.45) is 0 Å². The standard InChI is InChI=1S/C28H38N6O5/c1-28(2,3)39-27(38)33-19-17-32(18-20-33)26(37)31-15-13-30(14-16-31)11-5-4-7-22-8-6-9-23(21-22)34-12-10-24(35)29-25(34)36/h6,8-9,21H,5,10-20H2,1-3H3,(H,29,35,36). The molecular formula is C28H38N6O5. The Balaban J connectivity index is 1.17. The van der Waals surface area contributed by atoms with Gasteiger partial charge in [0.1, 0.15) is 5.60 Å². The number of urea groups is 2. The number of carbonyl (C=O) groups excluding carboxylic acids is 4. The predicted octanol–water partition coefficient (Wildman–Crippen LogP) is 2.16. The maximum Gasteiger partial charge on any atom is 0.410 e. The van der Waals surface area contributed by atoms with Crippen molar-refractivity contribution in [1.29, 1.82) is 0 Å². The van der Waals surface area contributed by atoms with Crippen molar-refractivity contribution in [2.75, 3.05) is 70.3 Å². The lowest BCUT2D eigenvalue weighted by Crippen LogP contribution is -2.57. The van der Waals surface area contributed by atoms with E-state index < -0.39 is 11.6 Å². The van der Waals surface area contributed by atoms with Crippen LogP contribution in [-0.4, -0.2) is 115 Å². The average molecular weight is 539 g/mol. The largest absolute Gasteiger partial charge is 0.444 e. The molecule has 11 heteroatoms. The summed E-state index contributed by atoms with van der Waals surface area (Å²) in [6, 6.07) is 7.09. The van der Waals surface area contributed by atoms with E-state index in [9.17, 15) is 19.2 Å². The monoisotopic (exact) mass is 538 g/mol. The molecule has 0 atom stereocenters. The van der Waals surface area contributed by atoms with Crippen LogP contribution in [0, 0.1) is 11.8 Å². The number of hydrogen-bond acceptors (Lipinski definition) is 6. The number of anilines is 1. The summed E-state index contributed by atoms with van der Waals surface area (Å²) in [6.07, 6.45) is 0.653. The van der Waals surface area contributed by atoms with E-state index in [0.29, 0.717) is 52.2 Å². The molecule has 210 valence electrons. The second kappa shape index (κ2) is 12.4. The quantitative estimate of drug-likeness (QED) is 0.592. The van der Waals surface area contributed by atoms with Crippen LogP contribution in [0.3, 0.4) is 0 Å². The highest BCUT2D eigenvalue weighted by molar-refractivity contribution is 6.05. The molecule has 3 heterocycles. The van der Waals surface area contributed by atoms with Crippen LogP contribution < -0.4 is 10.2 Å². The fourth-order valence-corrected chi connectivity index (χ4v) is 4.71. The summed E-state index contributed by atoms with van der Waals surface area (Å²) in [5.41, 5.74) is 1.01. The number of carbonyl (C=O) groups is 4. The fraction of sp³-hybridized carbons (Fsp3) is 0.571. The van der Waals surface area contributed by atoms with Crippen molar-refractivity contribution in [3.63, 3.8) is 0 Å². The summed E-state index contributed by atoms with van der Waals surface area (Å²) in [5, 5.41) is 2.34. The van der Waals surface area contributed by atoms with Crippen molar-refractivity contribution >= 4 is 29.8 Å². The number of nitrogens with one attached hydrogen (secondary N) is 1. The number of amides is 6. The van der Waals surface area contributed by atoms with E-state index in [1.54, 1.807) is 9.80 Å². The van der Waals surface area contributed by atoms with E-state index in [0.717, 1.165) is 30.9 Å². The van der Waals surface area contributed by atoms with Gasteiger partial charge in [-0.05, 0) is 39.0 Å². The van der Waals surface area contributed by atoms with Crippen LogP contribution in [0.5, 0.6) is 0 Å². The first-order valence-electron chi connectivity index (χ1n) is 13.5. The smallest absolute Gasteiger partial charge is 0.410 e. The highest BCUT2D eigenvalue weighted by atomic mass is 16.6. The number of ether oxygens (including phenoxy) is 1. The van der Waals surface area contributed by atoms with Gasteiger partial charge in [-0.15, -0.1) is 0 Å². The maximum absolute atomic E-state index is 13.0. The van der Waals surface area contributed by atoms with Crippen LogP contribution in [0.15, 0.2) is 24.3 Å². The molecule has 39 heavy (non-hydrogen) atoms. The van der Waals surface area contributed by atoms with Crippen LogP contribution in [0.2, 0.25) is 0 Å². The number of rotatable bonds is 3.